The Morgan fingerprint density at radius 3 is 2.69 bits per heavy atom. The summed E-state index contributed by atoms with van der Waals surface area (Å²) in [7, 11) is 0. The third-order valence-electron chi connectivity index (χ3n) is 4.90. The van der Waals surface area contributed by atoms with E-state index in [2.05, 4.69) is 5.32 Å². The number of fused-ring (bicyclic) bond motifs is 1. The van der Waals surface area contributed by atoms with Crippen molar-refractivity contribution >= 4 is 5.91 Å². The molecule has 0 aromatic heterocycles. The summed E-state index contributed by atoms with van der Waals surface area (Å²) in [5.41, 5.74) is 1.30. The van der Waals surface area contributed by atoms with Crippen LogP contribution in [0.25, 0.3) is 0 Å². The number of carbonyl (C=O) groups excluding carboxylic acids is 1. The molecule has 138 valence electrons. The van der Waals surface area contributed by atoms with Gasteiger partial charge >= 0.3 is 6.18 Å². The lowest BCUT2D eigenvalue weighted by Crippen LogP contribution is -2.32. The van der Waals surface area contributed by atoms with Gasteiger partial charge in [0.15, 0.2) is 0 Å². The van der Waals surface area contributed by atoms with Crippen molar-refractivity contribution in [2.24, 2.45) is 0 Å². The Morgan fingerprint density at radius 2 is 2.00 bits per heavy atom. The molecule has 26 heavy (non-hydrogen) atoms. The van der Waals surface area contributed by atoms with Crippen LogP contribution in [0.2, 0.25) is 0 Å². The first-order chi connectivity index (χ1) is 12.3. The van der Waals surface area contributed by atoms with E-state index >= 15 is 0 Å². The molecule has 0 saturated carbocycles. The minimum atomic E-state index is -4.44. The van der Waals surface area contributed by atoms with Gasteiger partial charge < -0.3 is 10.4 Å². The summed E-state index contributed by atoms with van der Waals surface area (Å²) in [5.74, 6) is -0.740. The maximum Gasteiger partial charge on any atom is 0.416 e. The lowest BCUT2D eigenvalue weighted by atomic mass is 9.93. The maximum absolute atomic E-state index is 12.9. The Bertz CT molecular complexity index is 817. The Kier molecular flexibility index (Phi) is 4.94. The molecule has 0 bridgehead atoms. The predicted octanol–water partition coefficient (Wildman–Crippen LogP) is 4.71. The molecule has 1 aliphatic carbocycles. The van der Waals surface area contributed by atoms with Gasteiger partial charge in [0.25, 0.3) is 0 Å². The number of carbonyl (C=O) groups is 1. The first kappa shape index (κ1) is 18.3. The van der Waals surface area contributed by atoms with E-state index in [0.29, 0.717) is 24.8 Å². The van der Waals surface area contributed by atoms with Crippen molar-refractivity contribution in [1.29, 1.82) is 0 Å². The lowest BCUT2D eigenvalue weighted by Gasteiger charge is -2.21. The summed E-state index contributed by atoms with van der Waals surface area (Å²) in [6.45, 7) is 1.78. The third-order valence-corrected chi connectivity index (χ3v) is 4.90. The van der Waals surface area contributed by atoms with Gasteiger partial charge in [-0.1, -0.05) is 37.3 Å². The van der Waals surface area contributed by atoms with Crippen molar-refractivity contribution < 1.29 is 23.1 Å². The molecule has 1 amide bonds. The summed E-state index contributed by atoms with van der Waals surface area (Å²) in [4.78, 5) is 12.7. The molecule has 0 saturated heterocycles. The molecule has 6 heteroatoms. The van der Waals surface area contributed by atoms with Crippen molar-refractivity contribution in [3.05, 3.63) is 64.7 Å². The standard InChI is InChI=1S/C20H20F3NO2/c1-2-14(12-5-3-6-13(11-12)20(21,22)23)19(26)24-17-10-9-16-15(17)7-4-8-18(16)25/h3-8,11,14,17,25H,2,9-10H2,1H3,(H,24,26)/t14-,17-/m0/s1. The minimum Gasteiger partial charge on any atom is -0.508 e. The number of halogens is 3. The van der Waals surface area contributed by atoms with Gasteiger partial charge in [-0.15, -0.1) is 0 Å². The van der Waals surface area contributed by atoms with E-state index in [1.54, 1.807) is 25.1 Å². The van der Waals surface area contributed by atoms with Gasteiger partial charge in [0.2, 0.25) is 5.91 Å². The van der Waals surface area contributed by atoms with Crippen LogP contribution in [0.4, 0.5) is 13.2 Å². The summed E-state index contributed by atoms with van der Waals surface area (Å²) in [6.07, 6.45) is -2.72. The number of alkyl halides is 3. The second-order valence-corrected chi connectivity index (χ2v) is 6.53. The summed E-state index contributed by atoms with van der Waals surface area (Å²) < 4.78 is 38.8. The Balaban J connectivity index is 1.80. The molecule has 2 atom stereocenters. The first-order valence-electron chi connectivity index (χ1n) is 8.59. The average Bonchev–Trinajstić information content (AvgIpc) is 2.99. The van der Waals surface area contributed by atoms with Crippen molar-refractivity contribution in [1.82, 2.24) is 5.32 Å². The number of hydrogen-bond acceptors (Lipinski definition) is 2. The number of phenolic OH excluding ortho intramolecular Hbond substituents is 1. The second kappa shape index (κ2) is 7.02. The molecule has 0 aliphatic heterocycles. The number of aromatic hydroxyl groups is 1. The maximum atomic E-state index is 12.9. The normalized spacial score (nSPS) is 17.6. The largest absolute Gasteiger partial charge is 0.508 e. The zero-order valence-corrected chi connectivity index (χ0v) is 14.3. The molecule has 1 aliphatic rings. The molecule has 0 unspecified atom stereocenters. The van der Waals surface area contributed by atoms with Gasteiger partial charge in [-0.05, 0) is 48.1 Å². The topological polar surface area (TPSA) is 49.3 Å². The highest BCUT2D eigenvalue weighted by atomic mass is 19.4. The monoisotopic (exact) mass is 363 g/mol. The molecule has 2 N–H and O–H groups in total. The molecular weight excluding hydrogens is 343 g/mol. The minimum absolute atomic E-state index is 0.212. The van der Waals surface area contributed by atoms with E-state index < -0.39 is 17.7 Å². The Labute approximate surface area is 149 Å². The van der Waals surface area contributed by atoms with Gasteiger partial charge in [-0.3, -0.25) is 4.79 Å². The van der Waals surface area contributed by atoms with E-state index in [4.69, 9.17) is 0 Å². The molecule has 0 spiro atoms. The average molecular weight is 363 g/mol. The highest BCUT2D eigenvalue weighted by Crippen LogP contribution is 2.37. The van der Waals surface area contributed by atoms with Crippen LogP contribution < -0.4 is 5.32 Å². The lowest BCUT2D eigenvalue weighted by molar-refractivity contribution is -0.137. The van der Waals surface area contributed by atoms with Gasteiger partial charge in [0, 0.05) is 0 Å². The molecule has 3 nitrogen and oxygen atoms in total. The number of rotatable bonds is 4. The number of nitrogens with one attached hydrogen (secondary N) is 1. The van der Waals surface area contributed by atoms with E-state index in [9.17, 15) is 23.1 Å². The van der Waals surface area contributed by atoms with Crippen LogP contribution >= 0.6 is 0 Å². The Morgan fingerprint density at radius 1 is 1.27 bits per heavy atom. The molecule has 0 radical (unpaired) electrons. The van der Waals surface area contributed by atoms with Crippen LogP contribution in [0, 0.1) is 0 Å². The smallest absolute Gasteiger partial charge is 0.416 e. The van der Waals surface area contributed by atoms with E-state index in [-0.39, 0.29) is 17.7 Å². The van der Waals surface area contributed by atoms with Crippen LogP contribution in [0.1, 0.15) is 54.0 Å². The van der Waals surface area contributed by atoms with Gasteiger partial charge in [-0.25, -0.2) is 0 Å². The Hall–Kier alpha value is -2.50. The van der Waals surface area contributed by atoms with E-state index in [1.165, 1.54) is 6.07 Å². The zero-order valence-electron chi connectivity index (χ0n) is 14.3. The van der Waals surface area contributed by atoms with Crippen molar-refractivity contribution in [2.75, 3.05) is 0 Å². The first-order valence-corrected chi connectivity index (χ1v) is 8.59. The SMILES string of the molecule is CC[C@H](C(=O)N[C@H]1CCc2c(O)cccc21)c1cccc(C(F)(F)F)c1. The van der Waals surface area contributed by atoms with Crippen LogP contribution in [0.15, 0.2) is 42.5 Å². The van der Waals surface area contributed by atoms with Crippen molar-refractivity contribution in [3.8, 4) is 5.75 Å². The predicted molar refractivity (Wildman–Crippen MR) is 91.8 cm³/mol. The molecule has 0 fully saturated rings. The van der Waals surface area contributed by atoms with E-state index in [1.807, 2.05) is 6.07 Å². The molecule has 0 heterocycles. The van der Waals surface area contributed by atoms with Gasteiger partial charge in [0.05, 0.1) is 17.5 Å². The second-order valence-electron chi connectivity index (χ2n) is 6.53. The highest BCUT2D eigenvalue weighted by Gasteiger charge is 2.32. The summed E-state index contributed by atoms with van der Waals surface area (Å²) >= 11 is 0. The fourth-order valence-electron chi connectivity index (χ4n) is 3.56. The fourth-order valence-corrected chi connectivity index (χ4v) is 3.56. The molecule has 2 aromatic rings. The fraction of sp³-hybridized carbons (Fsp3) is 0.350. The zero-order chi connectivity index (χ0) is 18.9. The van der Waals surface area contributed by atoms with Crippen LogP contribution in [-0.4, -0.2) is 11.0 Å². The van der Waals surface area contributed by atoms with Crippen molar-refractivity contribution in [2.45, 2.75) is 44.3 Å². The third kappa shape index (κ3) is 3.54. The summed E-state index contributed by atoms with van der Waals surface area (Å²) in [6, 6.07) is 9.90. The molecule has 3 rings (SSSR count). The number of benzene rings is 2. The van der Waals surface area contributed by atoms with Crippen LogP contribution in [-0.2, 0) is 17.4 Å². The highest BCUT2D eigenvalue weighted by molar-refractivity contribution is 5.84. The number of hydrogen-bond donors (Lipinski definition) is 2. The number of amides is 1. The van der Waals surface area contributed by atoms with Gasteiger partial charge in [0.1, 0.15) is 5.75 Å². The van der Waals surface area contributed by atoms with Crippen molar-refractivity contribution in [3.63, 3.8) is 0 Å². The molecule has 2 aromatic carbocycles. The van der Waals surface area contributed by atoms with Crippen LogP contribution in [0.3, 0.4) is 0 Å². The quantitative estimate of drug-likeness (QED) is 0.827. The van der Waals surface area contributed by atoms with Crippen LogP contribution in [0.5, 0.6) is 5.75 Å². The number of phenols is 1. The van der Waals surface area contributed by atoms with E-state index in [0.717, 1.165) is 23.3 Å². The van der Waals surface area contributed by atoms with Gasteiger partial charge in [-0.2, -0.15) is 13.2 Å². The summed E-state index contributed by atoms with van der Waals surface area (Å²) in [5, 5.41) is 12.8. The molecular formula is C20H20F3NO2.